The van der Waals surface area contributed by atoms with Crippen molar-refractivity contribution in [3.05, 3.63) is 35.7 Å². The van der Waals surface area contributed by atoms with Crippen LogP contribution < -0.4 is 0 Å². The van der Waals surface area contributed by atoms with E-state index in [0.29, 0.717) is 0 Å². The molecule has 3 nitrogen and oxygen atoms in total. The Hall–Kier alpha value is 0.01000. The van der Waals surface area contributed by atoms with Crippen LogP contribution in [0.4, 0.5) is 5.00 Å². The van der Waals surface area contributed by atoms with E-state index in [1.807, 2.05) is 12.1 Å². The summed E-state index contributed by atoms with van der Waals surface area (Å²) in [6, 6.07) is 5.52. The molecule has 0 atom stereocenters. The Morgan fingerprint density at radius 1 is 1.40 bits per heavy atom. The van der Waals surface area contributed by atoms with Gasteiger partial charge in [0, 0.05) is 14.5 Å². The van der Waals surface area contributed by atoms with Crippen LogP contribution in [0.3, 0.4) is 0 Å². The molecule has 0 amide bonds. The van der Waals surface area contributed by atoms with Crippen molar-refractivity contribution in [3.8, 4) is 9.75 Å². The van der Waals surface area contributed by atoms with E-state index >= 15 is 0 Å². The fourth-order valence-corrected chi connectivity index (χ4v) is 4.74. The van der Waals surface area contributed by atoms with Crippen LogP contribution in [0.1, 0.15) is 0 Å². The van der Waals surface area contributed by atoms with Gasteiger partial charge in [-0.15, -0.1) is 11.3 Å². The van der Waals surface area contributed by atoms with Gasteiger partial charge in [-0.3, -0.25) is 10.1 Å². The van der Waals surface area contributed by atoms with Crippen molar-refractivity contribution >= 4 is 66.2 Å². The maximum atomic E-state index is 10.6. The second-order valence-electron chi connectivity index (χ2n) is 2.62. The molecule has 0 aliphatic heterocycles. The molecule has 0 fully saturated rings. The molecule has 0 radical (unpaired) electrons. The van der Waals surface area contributed by atoms with Gasteiger partial charge in [-0.25, -0.2) is 0 Å². The van der Waals surface area contributed by atoms with E-state index in [9.17, 15) is 10.1 Å². The minimum Gasteiger partial charge on any atom is -0.258 e. The van der Waals surface area contributed by atoms with Crippen LogP contribution in [0.2, 0.25) is 0 Å². The average Bonchev–Trinajstić information content (AvgIpc) is 2.71. The van der Waals surface area contributed by atoms with Gasteiger partial charge in [0.1, 0.15) is 0 Å². The normalized spacial score (nSPS) is 10.5. The van der Waals surface area contributed by atoms with E-state index in [1.54, 1.807) is 17.4 Å². The molecular formula is C8H3BrINO2S2. The third-order valence-electron chi connectivity index (χ3n) is 1.65. The first-order chi connectivity index (χ1) is 7.08. The molecule has 0 aliphatic rings. The molecule has 0 unspecified atom stereocenters. The first-order valence-corrected chi connectivity index (χ1v) is 7.28. The lowest BCUT2D eigenvalue weighted by molar-refractivity contribution is -0.380. The van der Waals surface area contributed by atoms with Crippen molar-refractivity contribution in [2.45, 2.75) is 0 Å². The largest absolute Gasteiger partial charge is 0.325 e. The van der Waals surface area contributed by atoms with E-state index in [1.165, 1.54) is 11.3 Å². The van der Waals surface area contributed by atoms with E-state index in [-0.39, 0.29) is 9.92 Å². The lowest BCUT2D eigenvalue weighted by Gasteiger charge is -1.89. The summed E-state index contributed by atoms with van der Waals surface area (Å²) >= 11 is 8.30. The van der Waals surface area contributed by atoms with Crippen LogP contribution in [-0.4, -0.2) is 4.92 Å². The fourth-order valence-electron chi connectivity index (χ4n) is 1.05. The molecule has 15 heavy (non-hydrogen) atoms. The lowest BCUT2D eigenvalue weighted by Crippen LogP contribution is -1.80. The summed E-state index contributed by atoms with van der Waals surface area (Å²) in [5, 5.41) is 10.8. The van der Waals surface area contributed by atoms with Gasteiger partial charge >= 0.3 is 5.00 Å². The molecule has 0 saturated heterocycles. The number of rotatable bonds is 2. The first-order valence-electron chi connectivity index (χ1n) is 3.77. The van der Waals surface area contributed by atoms with Crippen LogP contribution >= 0.6 is 61.2 Å². The van der Waals surface area contributed by atoms with Gasteiger partial charge in [0.15, 0.2) is 0 Å². The highest BCUT2D eigenvalue weighted by Crippen LogP contribution is 2.41. The van der Waals surface area contributed by atoms with Crippen molar-refractivity contribution < 1.29 is 4.92 Å². The molecule has 0 spiro atoms. The molecule has 0 saturated carbocycles. The molecule has 78 valence electrons. The molecule has 7 heteroatoms. The van der Waals surface area contributed by atoms with Crippen molar-refractivity contribution in [2.75, 3.05) is 0 Å². The number of halogens is 2. The highest BCUT2D eigenvalue weighted by Gasteiger charge is 2.17. The van der Waals surface area contributed by atoms with Crippen molar-refractivity contribution in [2.24, 2.45) is 0 Å². The van der Waals surface area contributed by atoms with Gasteiger partial charge in [0.05, 0.1) is 13.6 Å². The highest BCUT2D eigenvalue weighted by atomic mass is 127. The zero-order chi connectivity index (χ0) is 11.0. The maximum absolute atomic E-state index is 10.6. The number of nitrogens with zero attached hydrogens (tertiary/aromatic N) is 1. The monoisotopic (exact) mass is 415 g/mol. The van der Waals surface area contributed by atoms with Crippen LogP contribution in [0, 0.1) is 13.7 Å². The van der Waals surface area contributed by atoms with E-state index in [4.69, 9.17) is 0 Å². The third-order valence-corrected chi connectivity index (χ3v) is 5.76. The van der Waals surface area contributed by atoms with Gasteiger partial charge in [-0.05, 0) is 50.7 Å². The predicted octanol–water partition coefficient (Wildman–Crippen LogP) is 4.75. The average molecular weight is 416 g/mol. The van der Waals surface area contributed by atoms with Gasteiger partial charge < -0.3 is 0 Å². The smallest absolute Gasteiger partial charge is 0.258 e. The van der Waals surface area contributed by atoms with E-state index in [0.717, 1.165) is 17.1 Å². The highest BCUT2D eigenvalue weighted by molar-refractivity contribution is 14.1. The molecule has 0 N–H and O–H groups in total. The first kappa shape index (κ1) is 11.5. The van der Waals surface area contributed by atoms with Gasteiger partial charge in [-0.1, -0.05) is 11.3 Å². The second-order valence-corrected chi connectivity index (χ2v) is 7.28. The molecule has 0 aliphatic carbocycles. The summed E-state index contributed by atoms with van der Waals surface area (Å²) in [4.78, 5) is 12.3. The molecule has 0 bridgehead atoms. The van der Waals surface area contributed by atoms with Crippen LogP contribution in [0.25, 0.3) is 9.75 Å². The maximum Gasteiger partial charge on any atom is 0.325 e. The van der Waals surface area contributed by atoms with Crippen molar-refractivity contribution in [1.29, 1.82) is 0 Å². The molecule has 0 aromatic carbocycles. The fraction of sp³-hybridized carbons (Fsp3) is 0. The lowest BCUT2D eigenvalue weighted by atomic mass is 10.4. The SMILES string of the molecule is O=[N+]([O-])c1cc(I)c(-c2ccc(Br)s2)s1. The minimum atomic E-state index is -0.348. The Morgan fingerprint density at radius 3 is 2.60 bits per heavy atom. The number of thiophene rings is 2. The third kappa shape index (κ3) is 2.40. The number of hydrogen-bond acceptors (Lipinski definition) is 4. The Kier molecular flexibility index (Phi) is 3.43. The summed E-state index contributed by atoms with van der Waals surface area (Å²) in [7, 11) is 0. The predicted molar refractivity (Wildman–Crippen MR) is 74.7 cm³/mol. The van der Waals surface area contributed by atoms with Crippen LogP contribution in [-0.2, 0) is 0 Å². The van der Waals surface area contributed by atoms with Crippen LogP contribution in [0.15, 0.2) is 22.0 Å². The zero-order valence-corrected chi connectivity index (χ0v) is 12.4. The molecular weight excluding hydrogens is 413 g/mol. The van der Waals surface area contributed by atoms with Gasteiger partial charge in [0.2, 0.25) is 0 Å². The Balaban J connectivity index is 2.49. The summed E-state index contributed by atoms with van der Waals surface area (Å²) in [6.07, 6.45) is 0. The van der Waals surface area contributed by atoms with E-state index in [2.05, 4.69) is 38.5 Å². The van der Waals surface area contributed by atoms with Crippen LogP contribution in [0.5, 0.6) is 0 Å². The topological polar surface area (TPSA) is 43.1 Å². The Bertz CT molecular complexity index is 522. The summed E-state index contributed by atoms with van der Waals surface area (Å²) in [5.41, 5.74) is 0. The number of hydrogen-bond donors (Lipinski definition) is 0. The molecule has 2 aromatic rings. The zero-order valence-electron chi connectivity index (χ0n) is 7.07. The summed E-state index contributed by atoms with van der Waals surface area (Å²) in [5.74, 6) is 0. The summed E-state index contributed by atoms with van der Waals surface area (Å²) in [6.45, 7) is 0. The summed E-state index contributed by atoms with van der Waals surface area (Å²) < 4.78 is 1.96. The standard InChI is InChI=1S/C8H3BrINO2S2/c9-6-2-1-5(14-6)8-4(10)3-7(15-8)11(12)13/h1-3H. The Labute approximate surface area is 116 Å². The quantitative estimate of drug-likeness (QED) is 0.403. The minimum absolute atomic E-state index is 0.193. The second kappa shape index (κ2) is 4.48. The number of nitro groups is 1. The Morgan fingerprint density at radius 2 is 2.13 bits per heavy atom. The van der Waals surface area contributed by atoms with Gasteiger partial charge in [-0.2, -0.15) is 0 Å². The van der Waals surface area contributed by atoms with Crippen molar-refractivity contribution in [3.63, 3.8) is 0 Å². The molecule has 2 rings (SSSR count). The molecule has 2 aromatic heterocycles. The van der Waals surface area contributed by atoms with E-state index < -0.39 is 0 Å². The molecule has 2 heterocycles. The van der Waals surface area contributed by atoms with Gasteiger partial charge in [0.25, 0.3) is 0 Å². The van der Waals surface area contributed by atoms with Crippen molar-refractivity contribution in [1.82, 2.24) is 0 Å².